The van der Waals surface area contributed by atoms with Crippen LogP contribution in [0.3, 0.4) is 0 Å². The quantitative estimate of drug-likeness (QED) is 0.363. The Morgan fingerprint density at radius 2 is 1.46 bits per heavy atom. The summed E-state index contributed by atoms with van der Waals surface area (Å²) in [5.41, 5.74) is 1.95. The van der Waals surface area contributed by atoms with Gasteiger partial charge in [0.25, 0.3) is 0 Å². The van der Waals surface area contributed by atoms with Crippen LogP contribution in [-0.4, -0.2) is 20.6 Å². The molecule has 5 nitrogen and oxygen atoms in total. The smallest absolute Gasteiger partial charge is 0.406 e. The summed E-state index contributed by atoms with van der Waals surface area (Å²) in [6.45, 7) is 0.0176. The van der Waals surface area contributed by atoms with Crippen molar-refractivity contribution in [1.82, 2.24) is 9.13 Å². The number of rotatable bonds is 5. The Morgan fingerprint density at radius 3 is 2.03 bits per heavy atom. The summed E-state index contributed by atoms with van der Waals surface area (Å²) in [5.74, 6) is -0.417. The van der Waals surface area contributed by atoms with Crippen LogP contribution >= 0.6 is 0 Å². The number of aliphatic hydroxyl groups excluding tert-OH is 1. The van der Waals surface area contributed by atoms with Gasteiger partial charge in [-0.2, -0.15) is 13.2 Å². The van der Waals surface area contributed by atoms with Gasteiger partial charge in [0, 0.05) is 7.05 Å². The third-order valence-corrected chi connectivity index (χ3v) is 5.34. The molecule has 0 aliphatic heterocycles. The zero-order chi connectivity index (χ0) is 25.4. The zero-order valence-electron chi connectivity index (χ0n) is 18.2. The number of nitrogens with zero attached hydrogens (tertiary/aromatic N) is 3. The van der Waals surface area contributed by atoms with E-state index in [1.54, 1.807) is 40.4 Å². The lowest BCUT2D eigenvalue weighted by molar-refractivity contribution is -0.274. The Labute approximate surface area is 195 Å². The first kappa shape index (κ1) is 24.4. The zero-order valence-corrected chi connectivity index (χ0v) is 18.2. The number of aryl methyl sites for hydroxylation is 1. The van der Waals surface area contributed by atoms with E-state index in [4.69, 9.17) is 0 Å². The van der Waals surface area contributed by atoms with Crippen LogP contribution in [0, 0.1) is 0 Å². The van der Waals surface area contributed by atoms with E-state index in [0.717, 1.165) is 29.8 Å². The molecule has 0 atom stereocenters. The number of fused-ring (bicyclic) bond motifs is 1. The second-order valence-corrected chi connectivity index (χ2v) is 7.77. The summed E-state index contributed by atoms with van der Waals surface area (Å²) < 4.78 is 84.6. The first-order valence-corrected chi connectivity index (χ1v) is 10.3. The number of hydrogen-bond donors (Lipinski definition) is 1. The standard InChI is InChI=1S/C24H19F6N3O2/c1-32-20-11-6-17(23(25,26)27)12-21(20)33(13-15-2-4-16(14-34)5-3-15)22(32)31-18-7-9-19(10-8-18)35-24(28,29)30/h2-12,34H,13-14H2,1H3/b31-22-. The molecule has 0 aliphatic carbocycles. The summed E-state index contributed by atoms with van der Waals surface area (Å²) in [6.07, 6.45) is -9.38. The van der Waals surface area contributed by atoms with Gasteiger partial charge in [-0.05, 0) is 53.6 Å². The predicted molar refractivity (Wildman–Crippen MR) is 116 cm³/mol. The Bertz CT molecular complexity index is 1400. The predicted octanol–water partition coefficient (Wildman–Crippen LogP) is 5.67. The summed E-state index contributed by atoms with van der Waals surface area (Å²) >= 11 is 0. The van der Waals surface area contributed by atoms with Gasteiger partial charge in [0.2, 0.25) is 5.62 Å². The number of halogens is 6. The molecule has 0 saturated heterocycles. The van der Waals surface area contributed by atoms with Crippen LogP contribution in [0.2, 0.25) is 0 Å². The minimum absolute atomic E-state index is 0.148. The molecule has 4 aromatic rings. The number of ether oxygens (including phenoxy) is 1. The van der Waals surface area contributed by atoms with E-state index >= 15 is 0 Å². The van der Waals surface area contributed by atoms with Gasteiger partial charge in [0.15, 0.2) is 0 Å². The molecule has 35 heavy (non-hydrogen) atoms. The Hall–Kier alpha value is -3.73. The number of aliphatic hydroxyl groups is 1. The lowest BCUT2D eigenvalue weighted by Gasteiger charge is -2.09. The minimum Gasteiger partial charge on any atom is -0.406 e. The molecule has 1 N–H and O–H groups in total. The van der Waals surface area contributed by atoms with Gasteiger partial charge in [-0.3, -0.25) is 0 Å². The van der Waals surface area contributed by atoms with Crippen molar-refractivity contribution in [2.75, 3.05) is 0 Å². The monoisotopic (exact) mass is 495 g/mol. The van der Waals surface area contributed by atoms with Crippen molar-refractivity contribution in [3.05, 3.63) is 89.0 Å². The van der Waals surface area contributed by atoms with E-state index in [2.05, 4.69) is 9.73 Å². The molecule has 0 fully saturated rings. The number of alkyl halides is 6. The molecule has 3 aromatic carbocycles. The lowest BCUT2D eigenvalue weighted by Crippen LogP contribution is -2.24. The van der Waals surface area contributed by atoms with E-state index in [9.17, 15) is 31.4 Å². The summed E-state index contributed by atoms with van der Waals surface area (Å²) in [5, 5.41) is 9.26. The molecule has 0 aliphatic rings. The molecule has 0 unspecified atom stereocenters. The molecule has 0 saturated carbocycles. The van der Waals surface area contributed by atoms with Crippen molar-refractivity contribution in [3.8, 4) is 5.75 Å². The summed E-state index contributed by atoms with van der Waals surface area (Å²) in [7, 11) is 1.64. The molecular formula is C24H19F6N3O2. The second kappa shape index (κ2) is 9.14. The highest BCUT2D eigenvalue weighted by Crippen LogP contribution is 2.31. The van der Waals surface area contributed by atoms with E-state index < -0.39 is 23.9 Å². The molecule has 11 heteroatoms. The van der Waals surface area contributed by atoms with Crippen LogP contribution in [0.15, 0.2) is 71.7 Å². The van der Waals surface area contributed by atoms with Gasteiger partial charge in [0.1, 0.15) is 5.75 Å². The second-order valence-electron chi connectivity index (χ2n) is 7.77. The fourth-order valence-corrected chi connectivity index (χ4v) is 3.66. The Balaban J connectivity index is 1.86. The van der Waals surface area contributed by atoms with Crippen LogP contribution in [0.25, 0.3) is 11.0 Å². The van der Waals surface area contributed by atoms with Crippen molar-refractivity contribution in [1.29, 1.82) is 0 Å². The van der Waals surface area contributed by atoms with Gasteiger partial charge in [0.05, 0.1) is 35.4 Å². The van der Waals surface area contributed by atoms with Gasteiger partial charge in [-0.15, -0.1) is 13.2 Å². The molecule has 184 valence electrons. The van der Waals surface area contributed by atoms with Crippen LogP contribution in [0.5, 0.6) is 5.75 Å². The van der Waals surface area contributed by atoms with Crippen molar-refractivity contribution in [3.63, 3.8) is 0 Å². The maximum atomic E-state index is 13.4. The van der Waals surface area contributed by atoms with Crippen molar-refractivity contribution in [2.45, 2.75) is 25.7 Å². The Morgan fingerprint density at radius 1 is 0.829 bits per heavy atom. The van der Waals surface area contributed by atoms with E-state index in [-0.39, 0.29) is 30.0 Å². The third-order valence-electron chi connectivity index (χ3n) is 5.34. The summed E-state index contributed by atoms with van der Waals surface area (Å²) in [4.78, 5) is 4.51. The van der Waals surface area contributed by atoms with Crippen LogP contribution in [-0.2, 0) is 26.4 Å². The largest absolute Gasteiger partial charge is 0.573 e. The SMILES string of the molecule is Cn1/c(=N/c2ccc(OC(F)(F)F)cc2)n(Cc2ccc(CO)cc2)c2cc(C(F)(F)F)ccc21. The first-order valence-electron chi connectivity index (χ1n) is 10.3. The Kier molecular flexibility index (Phi) is 6.37. The normalized spacial score (nSPS) is 13.0. The summed E-state index contributed by atoms with van der Waals surface area (Å²) in [6, 6.07) is 15.1. The highest BCUT2D eigenvalue weighted by atomic mass is 19.4. The number of benzene rings is 3. The highest BCUT2D eigenvalue weighted by molar-refractivity contribution is 5.77. The fraction of sp³-hybridized carbons (Fsp3) is 0.208. The van der Waals surface area contributed by atoms with Crippen molar-refractivity contribution < 1.29 is 36.2 Å². The third kappa shape index (κ3) is 5.51. The van der Waals surface area contributed by atoms with Gasteiger partial charge >= 0.3 is 12.5 Å². The minimum atomic E-state index is -4.83. The fourth-order valence-electron chi connectivity index (χ4n) is 3.66. The number of hydrogen-bond acceptors (Lipinski definition) is 3. The average Bonchev–Trinajstić information content (AvgIpc) is 3.04. The van der Waals surface area contributed by atoms with E-state index in [1.165, 1.54) is 18.2 Å². The van der Waals surface area contributed by atoms with Crippen LogP contribution in [0.4, 0.5) is 32.0 Å². The first-order chi connectivity index (χ1) is 16.4. The van der Waals surface area contributed by atoms with Crippen LogP contribution in [0.1, 0.15) is 16.7 Å². The highest BCUT2D eigenvalue weighted by Gasteiger charge is 2.32. The van der Waals surface area contributed by atoms with E-state index in [1.807, 2.05) is 0 Å². The maximum Gasteiger partial charge on any atom is 0.573 e. The van der Waals surface area contributed by atoms with Gasteiger partial charge in [-0.1, -0.05) is 24.3 Å². The molecule has 0 radical (unpaired) electrons. The molecule has 4 rings (SSSR count). The lowest BCUT2D eigenvalue weighted by atomic mass is 10.1. The number of imidazole rings is 1. The molecule has 1 aromatic heterocycles. The van der Waals surface area contributed by atoms with Gasteiger partial charge in [-0.25, -0.2) is 4.99 Å². The van der Waals surface area contributed by atoms with Gasteiger partial charge < -0.3 is 19.0 Å². The maximum absolute atomic E-state index is 13.4. The molecule has 0 amide bonds. The van der Waals surface area contributed by atoms with Crippen molar-refractivity contribution in [2.24, 2.45) is 12.0 Å². The van der Waals surface area contributed by atoms with Crippen molar-refractivity contribution >= 4 is 16.7 Å². The average molecular weight is 495 g/mol. The topological polar surface area (TPSA) is 51.7 Å². The van der Waals surface area contributed by atoms with Crippen LogP contribution < -0.4 is 10.4 Å². The molecular weight excluding hydrogens is 476 g/mol. The number of aromatic nitrogens is 2. The molecule has 0 bridgehead atoms. The molecule has 1 heterocycles. The van der Waals surface area contributed by atoms with E-state index in [0.29, 0.717) is 11.1 Å². The molecule has 0 spiro atoms.